The first-order valence-corrected chi connectivity index (χ1v) is 10.3. The van der Waals surface area contributed by atoms with Crippen LogP contribution in [0.4, 0.5) is 4.79 Å². The summed E-state index contributed by atoms with van der Waals surface area (Å²) in [5.41, 5.74) is 1.93. The van der Waals surface area contributed by atoms with E-state index in [1.54, 1.807) is 4.90 Å². The average molecular weight is 417 g/mol. The van der Waals surface area contributed by atoms with Crippen molar-refractivity contribution in [2.24, 2.45) is 0 Å². The van der Waals surface area contributed by atoms with Crippen molar-refractivity contribution in [3.8, 4) is 5.75 Å². The molecule has 1 fully saturated rings. The van der Waals surface area contributed by atoms with E-state index < -0.39 is 5.60 Å². The summed E-state index contributed by atoms with van der Waals surface area (Å²) in [5.74, 6) is 0.807. The van der Waals surface area contributed by atoms with Gasteiger partial charge in [0.2, 0.25) is 0 Å². The van der Waals surface area contributed by atoms with Crippen LogP contribution in [0, 0.1) is 0 Å². The maximum absolute atomic E-state index is 12.2. The number of hydrogen-bond acceptors (Lipinski definition) is 4. The fourth-order valence-corrected chi connectivity index (χ4v) is 3.24. The zero-order valence-corrected chi connectivity index (χ0v) is 18.1. The largest absolute Gasteiger partial charge is 0.489 e. The van der Waals surface area contributed by atoms with E-state index >= 15 is 0 Å². The summed E-state index contributed by atoms with van der Waals surface area (Å²) in [4.78, 5) is 16.3. The summed E-state index contributed by atoms with van der Waals surface area (Å²) in [5, 5.41) is 0.702. The summed E-state index contributed by atoms with van der Waals surface area (Å²) in [6.45, 7) is 10.2. The number of piperazine rings is 1. The van der Waals surface area contributed by atoms with Crippen LogP contribution >= 0.6 is 11.6 Å². The molecule has 0 aliphatic carbocycles. The van der Waals surface area contributed by atoms with E-state index in [1.807, 2.05) is 45.0 Å². The Kier molecular flexibility index (Phi) is 7.04. The number of halogens is 1. The van der Waals surface area contributed by atoms with Crippen LogP contribution in [-0.4, -0.2) is 47.7 Å². The third kappa shape index (κ3) is 6.94. The molecule has 1 aliphatic heterocycles. The number of carbonyl (C=O) groups excluding carboxylic acids is 1. The third-order valence-corrected chi connectivity index (χ3v) is 4.92. The number of amides is 1. The second-order valence-corrected chi connectivity index (χ2v) is 8.74. The Hall–Kier alpha value is -2.24. The molecule has 3 rings (SSSR count). The molecular formula is C23H29ClN2O3. The summed E-state index contributed by atoms with van der Waals surface area (Å²) < 4.78 is 11.2. The number of nitrogens with zero attached hydrogens (tertiary/aromatic N) is 2. The van der Waals surface area contributed by atoms with Gasteiger partial charge in [0.25, 0.3) is 0 Å². The van der Waals surface area contributed by atoms with E-state index in [9.17, 15) is 4.79 Å². The highest BCUT2D eigenvalue weighted by molar-refractivity contribution is 6.30. The molecular weight excluding hydrogens is 388 g/mol. The van der Waals surface area contributed by atoms with Crippen molar-refractivity contribution >= 4 is 17.7 Å². The molecule has 156 valence electrons. The lowest BCUT2D eigenvalue weighted by molar-refractivity contribution is 0.0139. The standard InChI is InChI=1S/C23H29ClN2O3/c1-23(2,3)29-22(27)26-14-12-25(13-15-26)16-18-4-6-19(7-5-18)17-28-21-10-8-20(24)9-11-21/h4-11H,12-17H2,1-3H3. The van der Waals surface area contributed by atoms with Crippen LogP contribution in [0.25, 0.3) is 0 Å². The Labute approximate surface area is 178 Å². The van der Waals surface area contributed by atoms with Gasteiger partial charge in [-0.2, -0.15) is 0 Å². The molecule has 0 unspecified atom stereocenters. The lowest BCUT2D eigenvalue weighted by Crippen LogP contribution is -2.49. The molecule has 0 saturated carbocycles. The van der Waals surface area contributed by atoms with E-state index in [0.717, 1.165) is 30.9 Å². The average Bonchev–Trinajstić information content (AvgIpc) is 2.68. The van der Waals surface area contributed by atoms with Gasteiger partial charge in [-0.05, 0) is 56.2 Å². The molecule has 0 N–H and O–H groups in total. The van der Waals surface area contributed by atoms with Crippen molar-refractivity contribution in [3.63, 3.8) is 0 Å². The SMILES string of the molecule is CC(C)(C)OC(=O)N1CCN(Cc2ccc(COc3ccc(Cl)cc3)cc2)CC1. The highest BCUT2D eigenvalue weighted by Gasteiger charge is 2.25. The minimum Gasteiger partial charge on any atom is -0.489 e. The highest BCUT2D eigenvalue weighted by Crippen LogP contribution is 2.18. The Morgan fingerprint density at radius 3 is 2.10 bits per heavy atom. The van der Waals surface area contributed by atoms with Gasteiger partial charge >= 0.3 is 6.09 Å². The predicted octanol–water partition coefficient (Wildman–Crippen LogP) is 4.97. The zero-order valence-electron chi connectivity index (χ0n) is 17.4. The lowest BCUT2D eigenvalue weighted by atomic mass is 10.1. The second-order valence-electron chi connectivity index (χ2n) is 8.30. The van der Waals surface area contributed by atoms with Gasteiger partial charge in [-0.15, -0.1) is 0 Å². The Morgan fingerprint density at radius 2 is 1.52 bits per heavy atom. The monoisotopic (exact) mass is 416 g/mol. The highest BCUT2D eigenvalue weighted by atomic mass is 35.5. The normalized spacial score (nSPS) is 15.2. The molecule has 0 aromatic heterocycles. The van der Waals surface area contributed by atoms with Crippen LogP contribution in [-0.2, 0) is 17.9 Å². The van der Waals surface area contributed by atoms with Gasteiger partial charge in [-0.25, -0.2) is 4.79 Å². The van der Waals surface area contributed by atoms with E-state index in [2.05, 4.69) is 29.2 Å². The number of hydrogen-bond donors (Lipinski definition) is 0. The first-order valence-electron chi connectivity index (χ1n) is 9.95. The second kappa shape index (κ2) is 9.51. The number of carbonyl (C=O) groups is 1. The van der Waals surface area contributed by atoms with Gasteiger partial charge in [-0.3, -0.25) is 4.90 Å². The van der Waals surface area contributed by atoms with Gasteiger partial charge < -0.3 is 14.4 Å². The smallest absolute Gasteiger partial charge is 0.410 e. The first kappa shape index (κ1) is 21.5. The van der Waals surface area contributed by atoms with E-state index in [1.165, 1.54) is 5.56 Å². The molecule has 5 nitrogen and oxygen atoms in total. The fourth-order valence-electron chi connectivity index (χ4n) is 3.11. The quantitative estimate of drug-likeness (QED) is 0.689. The lowest BCUT2D eigenvalue weighted by Gasteiger charge is -2.35. The van der Waals surface area contributed by atoms with Crippen molar-refractivity contribution in [2.45, 2.75) is 39.5 Å². The Bertz CT molecular complexity index is 792. The van der Waals surface area contributed by atoms with Crippen LogP contribution in [0.3, 0.4) is 0 Å². The van der Waals surface area contributed by atoms with Gasteiger partial charge in [0.15, 0.2) is 0 Å². The summed E-state index contributed by atoms with van der Waals surface area (Å²) in [6.07, 6.45) is -0.220. The zero-order chi connectivity index (χ0) is 20.9. The van der Waals surface area contributed by atoms with E-state index in [0.29, 0.717) is 24.7 Å². The minimum atomic E-state index is -0.451. The number of benzene rings is 2. The van der Waals surface area contributed by atoms with Crippen LogP contribution in [0.1, 0.15) is 31.9 Å². The molecule has 0 atom stereocenters. The summed E-state index contributed by atoms with van der Waals surface area (Å²) >= 11 is 5.89. The van der Waals surface area contributed by atoms with Crippen molar-refractivity contribution in [3.05, 3.63) is 64.7 Å². The Balaban J connectivity index is 1.43. The fraction of sp³-hybridized carbons (Fsp3) is 0.435. The minimum absolute atomic E-state index is 0.220. The van der Waals surface area contributed by atoms with Crippen molar-refractivity contribution in [2.75, 3.05) is 26.2 Å². The van der Waals surface area contributed by atoms with Gasteiger partial charge in [0, 0.05) is 37.7 Å². The topological polar surface area (TPSA) is 42.0 Å². The predicted molar refractivity (Wildman–Crippen MR) is 115 cm³/mol. The molecule has 0 bridgehead atoms. The van der Waals surface area contributed by atoms with Crippen LogP contribution in [0.15, 0.2) is 48.5 Å². The molecule has 0 spiro atoms. The van der Waals surface area contributed by atoms with Gasteiger partial charge in [0.1, 0.15) is 18.0 Å². The molecule has 1 amide bonds. The molecule has 1 heterocycles. The molecule has 1 aliphatic rings. The molecule has 29 heavy (non-hydrogen) atoms. The first-order chi connectivity index (χ1) is 13.8. The van der Waals surface area contributed by atoms with E-state index in [-0.39, 0.29) is 6.09 Å². The number of rotatable bonds is 5. The molecule has 6 heteroatoms. The van der Waals surface area contributed by atoms with Crippen molar-refractivity contribution in [1.82, 2.24) is 9.80 Å². The van der Waals surface area contributed by atoms with Crippen molar-refractivity contribution < 1.29 is 14.3 Å². The molecule has 0 radical (unpaired) electrons. The summed E-state index contributed by atoms with van der Waals surface area (Å²) in [6, 6.07) is 15.9. The van der Waals surface area contributed by atoms with E-state index in [4.69, 9.17) is 21.1 Å². The van der Waals surface area contributed by atoms with Gasteiger partial charge in [-0.1, -0.05) is 35.9 Å². The molecule has 1 saturated heterocycles. The maximum atomic E-state index is 12.2. The molecule has 2 aromatic rings. The summed E-state index contributed by atoms with van der Waals surface area (Å²) in [7, 11) is 0. The molecule has 2 aromatic carbocycles. The Morgan fingerprint density at radius 1 is 0.931 bits per heavy atom. The van der Waals surface area contributed by atoms with Crippen LogP contribution in [0.2, 0.25) is 5.02 Å². The third-order valence-electron chi connectivity index (χ3n) is 4.67. The van der Waals surface area contributed by atoms with Crippen molar-refractivity contribution in [1.29, 1.82) is 0 Å². The number of ether oxygens (including phenoxy) is 2. The van der Waals surface area contributed by atoms with Gasteiger partial charge in [0.05, 0.1) is 0 Å². The van der Waals surface area contributed by atoms with Crippen LogP contribution in [0.5, 0.6) is 5.75 Å². The van der Waals surface area contributed by atoms with Crippen LogP contribution < -0.4 is 4.74 Å². The maximum Gasteiger partial charge on any atom is 0.410 e.